The third kappa shape index (κ3) is 3.64. The second-order valence-corrected chi connectivity index (χ2v) is 5.26. The Bertz CT molecular complexity index is 1100. The van der Waals surface area contributed by atoms with Gasteiger partial charge in [-0.05, 0) is 18.2 Å². The standard InChI is InChI=1S/C15H12N6O6/c16-15(24)20-19-11(13(22)10-2-1-5-27-10)12-14(23)18-9-6-7(21(25)26)3-4-8(9)17-12/h1-6,13,22H,(H,18,23)(H3,16,20,24)/b19-11-/t13-/m0/s1. The number of primary amides is 1. The van der Waals surface area contributed by atoms with Crippen molar-refractivity contribution in [1.82, 2.24) is 15.4 Å². The topological polar surface area (TPSA) is 190 Å². The molecule has 27 heavy (non-hydrogen) atoms. The van der Waals surface area contributed by atoms with E-state index in [2.05, 4.69) is 15.1 Å². The Hall–Kier alpha value is -4.06. The molecule has 3 aromatic rings. The summed E-state index contributed by atoms with van der Waals surface area (Å²) in [7, 11) is 0. The lowest BCUT2D eigenvalue weighted by Crippen LogP contribution is -2.31. The van der Waals surface area contributed by atoms with Crippen LogP contribution in [0.25, 0.3) is 11.0 Å². The molecular formula is C15H12N6O6. The summed E-state index contributed by atoms with van der Waals surface area (Å²) in [6.45, 7) is 0. The lowest BCUT2D eigenvalue weighted by Gasteiger charge is -2.11. The maximum atomic E-state index is 12.4. The van der Waals surface area contributed by atoms with Gasteiger partial charge in [0.15, 0.2) is 11.8 Å². The molecule has 0 aliphatic heterocycles. The van der Waals surface area contributed by atoms with Crippen molar-refractivity contribution >= 4 is 28.5 Å². The molecule has 0 fully saturated rings. The highest BCUT2D eigenvalue weighted by Gasteiger charge is 2.25. The highest BCUT2D eigenvalue weighted by Crippen LogP contribution is 2.20. The second-order valence-electron chi connectivity index (χ2n) is 5.26. The summed E-state index contributed by atoms with van der Waals surface area (Å²) in [5.74, 6) is 0.0463. The molecule has 0 aliphatic carbocycles. The predicted octanol–water partition coefficient (Wildman–Crippen LogP) is 0.530. The normalized spacial score (nSPS) is 12.7. The number of carbonyl (C=O) groups is 1. The van der Waals surface area contributed by atoms with Crippen LogP contribution in [-0.2, 0) is 0 Å². The Morgan fingerprint density at radius 1 is 1.44 bits per heavy atom. The number of hydrogen-bond acceptors (Lipinski definition) is 8. The number of nitro benzene ring substituents is 1. The number of benzene rings is 1. The minimum absolute atomic E-state index is 0.0463. The van der Waals surface area contributed by atoms with E-state index in [-0.39, 0.29) is 33.9 Å². The van der Waals surface area contributed by atoms with Gasteiger partial charge in [-0.15, -0.1) is 0 Å². The molecule has 3 rings (SSSR count). The van der Waals surface area contributed by atoms with Crippen molar-refractivity contribution in [2.75, 3.05) is 0 Å². The Kier molecular flexibility index (Phi) is 4.64. The van der Waals surface area contributed by atoms with Crippen molar-refractivity contribution in [1.29, 1.82) is 0 Å². The van der Waals surface area contributed by atoms with Crippen LogP contribution in [0.15, 0.2) is 50.9 Å². The molecule has 5 N–H and O–H groups in total. The fourth-order valence-electron chi connectivity index (χ4n) is 2.30. The first kappa shape index (κ1) is 17.8. The van der Waals surface area contributed by atoms with Crippen LogP contribution in [0.3, 0.4) is 0 Å². The highest BCUT2D eigenvalue weighted by atomic mass is 16.6. The maximum Gasteiger partial charge on any atom is 0.332 e. The zero-order valence-electron chi connectivity index (χ0n) is 13.4. The second kappa shape index (κ2) is 7.05. The fraction of sp³-hybridized carbons (Fsp3) is 0.0667. The van der Waals surface area contributed by atoms with E-state index in [0.29, 0.717) is 0 Å². The Balaban J connectivity index is 2.15. The van der Waals surface area contributed by atoms with Gasteiger partial charge in [0.2, 0.25) is 0 Å². The number of fused-ring (bicyclic) bond motifs is 1. The SMILES string of the molecule is NC(=O)N/N=C(/c1nc2ccc([N+](=O)[O-])cc2[nH]c1=O)[C@@H](O)c1ccco1. The third-order valence-electron chi connectivity index (χ3n) is 3.49. The molecule has 0 bridgehead atoms. The smallest absolute Gasteiger partial charge is 0.332 e. The number of amides is 2. The van der Waals surface area contributed by atoms with Gasteiger partial charge < -0.3 is 20.2 Å². The molecule has 12 nitrogen and oxygen atoms in total. The van der Waals surface area contributed by atoms with Crippen LogP contribution in [0.4, 0.5) is 10.5 Å². The number of hydrogen-bond donors (Lipinski definition) is 4. The zero-order chi connectivity index (χ0) is 19.6. The van der Waals surface area contributed by atoms with E-state index in [9.17, 15) is 24.8 Å². The van der Waals surface area contributed by atoms with Gasteiger partial charge in [-0.3, -0.25) is 14.9 Å². The number of non-ortho nitro benzene ring substituents is 1. The molecule has 0 spiro atoms. The molecule has 1 atom stereocenters. The number of nitrogens with zero attached hydrogens (tertiary/aromatic N) is 3. The number of furan rings is 1. The first-order valence-electron chi connectivity index (χ1n) is 7.40. The van der Waals surface area contributed by atoms with Gasteiger partial charge in [-0.1, -0.05) is 0 Å². The molecule has 2 heterocycles. The average molecular weight is 372 g/mol. The van der Waals surface area contributed by atoms with Crippen LogP contribution >= 0.6 is 0 Å². The third-order valence-corrected chi connectivity index (χ3v) is 3.49. The first-order chi connectivity index (χ1) is 12.9. The monoisotopic (exact) mass is 372 g/mol. The van der Waals surface area contributed by atoms with Gasteiger partial charge in [-0.2, -0.15) is 5.10 Å². The Morgan fingerprint density at radius 2 is 2.22 bits per heavy atom. The van der Waals surface area contributed by atoms with Crippen LogP contribution in [-0.4, -0.2) is 31.7 Å². The van der Waals surface area contributed by atoms with Crippen molar-refractivity contribution in [3.05, 3.63) is 68.5 Å². The highest BCUT2D eigenvalue weighted by molar-refractivity contribution is 6.03. The van der Waals surface area contributed by atoms with Crippen LogP contribution < -0.4 is 16.7 Å². The number of rotatable bonds is 5. The van der Waals surface area contributed by atoms with Crippen LogP contribution in [0, 0.1) is 10.1 Å². The van der Waals surface area contributed by atoms with E-state index >= 15 is 0 Å². The summed E-state index contributed by atoms with van der Waals surface area (Å²) in [6, 6.07) is 5.60. The fourth-order valence-corrected chi connectivity index (χ4v) is 2.30. The van der Waals surface area contributed by atoms with Crippen molar-refractivity contribution < 1.29 is 19.2 Å². The summed E-state index contributed by atoms with van der Waals surface area (Å²) < 4.78 is 5.08. The summed E-state index contributed by atoms with van der Waals surface area (Å²) in [5, 5.41) is 25.0. The van der Waals surface area contributed by atoms with E-state index in [4.69, 9.17) is 10.2 Å². The summed E-state index contributed by atoms with van der Waals surface area (Å²) >= 11 is 0. The number of aliphatic hydroxyl groups excluding tert-OH is 1. The van der Waals surface area contributed by atoms with Crippen LogP contribution in [0.1, 0.15) is 17.6 Å². The largest absolute Gasteiger partial charge is 0.466 e. The van der Waals surface area contributed by atoms with E-state index in [1.54, 1.807) is 0 Å². The van der Waals surface area contributed by atoms with E-state index in [0.717, 1.165) is 6.07 Å². The van der Waals surface area contributed by atoms with E-state index in [1.165, 1.54) is 30.5 Å². The lowest BCUT2D eigenvalue weighted by atomic mass is 10.1. The van der Waals surface area contributed by atoms with Gasteiger partial charge in [0.25, 0.3) is 11.2 Å². The Morgan fingerprint density at radius 3 is 2.85 bits per heavy atom. The van der Waals surface area contributed by atoms with Crippen molar-refractivity contribution in [3.63, 3.8) is 0 Å². The number of urea groups is 1. The number of H-pyrrole nitrogens is 1. The minimum Gasteiger partial charge on any atom is -0.466 e. The van der Waals surface area contributed by atoms with E-state index < -0.39 is 22.6 Å². The Labute approximate surface area is 149 Å². The van der Waals surface area contributed by atoms with Crippen molar-refractivity contribution in [3.8, 4) is 0 Å². The van der Waals surface area contributed by atoms with Gasteiger partial charge >= 0.3 is 6.03 Å². The van der Waals surface area contributed by atoms with Crippen molar-refractivity contribution in [2.45, 2.75) is 6.10 Å². The first-order valence-corrected chi connectivity index (χ1v) is 7.40. The van der Waals surface area contributed by atoms with Gasteiger partial charge in [0.05, 0.1) is 22.2 Å². The number of nitrogens with two attached hydrogens (primary N) is 1. The van der Waals surface area contributed by atoms with Gasteiger partial charge in [0.1, 0.15) is 11.5 Å². The van der Waals surface area contributed by atoms with E-state index in [1.807, 2.05) is 5.43 Å². The summed E-state index contributed by atoms with van der Waals surface area (Å²) in [4.78, 5) is 40.2. The summed E-state index contributed by atoms with van der Waals surface area (Å²) in [5.41, 5.74) is 5.55. The van der Waals surface area contributed by atoms with Gasteiger partial charge in [-0.25, -0.2) is 15.2 Å². The molecule has 138 valence electrons. The quantitative estimate of drug-likeness (QED) is 0.285. The number of aliphatic hydroxyl groups is 1. The molecular weight excluding hydrogens is 360 g/mol. The number of aromatic nitrogens is 2. The van der Waals surface area contributed by atoms with Crippen LogP contribution in [0.5, 0.6) is 0 Å². The molecule has 0 radical (unpaired) electrons. The number of nitrogens with one attached hydrogen (secondary N) is 2. The number of hydrazone groups is 1. The van der Waals surface area contributed by atoms with Crippen LogP contribution in [0.2, 0.25) is 0 Å². The lowest BCUT2D eigenvalue weighted by molar-refractivity contribution is -0.384. The number of nitro groups is 1. The summed E-state index contributed by atoms with van der Waals surface area (Å²) in [6.07, 6.45) is -0.231. The average Bonchev–Trinajstić information content (AvgIpc) is 3.15. The van der Waals surface area contributed by atoms with Crippen molar-refractivity contribution in [2.24, 2.45) is 10.8 Å². The predicted molar refractivity (Wildman–Crippen MR) is 91.9 cm³/mol. The number of aromatic amines is 1. The molecule has 0 unspecified atom stereocenters. The molecule has 2 amide bonds. The molecule has 2 aromatic heterocycles. The van der Waals surface area contributed by atoms with Gasteiger partial charge in [0, 0.05) is 12.1 Å². The molecule has 1 aromatic carbocycles. The molecule has 0 saturated carbocycles. The minimum atomic E-state index is -1.53. The molecule has 0 aliphatic rings. The maximum absolute atomic E-state index is 12.4. The molecule has 0 saturated heterocycles. The zero-order valence-corrected chi connectivity index (χ0v) is 13.4. The molecule has 12 heteroatoms. The number of carbonyl (C=O) groups excluding carboxylic acids is 1.